The molecule has 1 N–H and O–H groups in total. The minimum Gasteiger partial charge on any atom is -0.356 e. The van der Waals surface area contributed by atoms with E-state index in [9.17, 15) is 13.2 Å². The van der Waals surface area contributed by atoms with Gasteiger partial charge in [-0.3, -0.25) is 4.79 Å². The quantitative estimate of drug-likeness (QED) is 0.743. The number of rotatable bonds is 5. The monoisotopic (exact) mass is 282 g/mol. The second-order valence-corrected chi connectivity index (χ2v) is 6.54. The van der Waals surface area contributed by atoms with Crippen LogP contribution < -0.4 is 5.32 Å². The maximum Gasteiger partial charge on any atom is 0.223 e. The van der Waals surface area contributed by atoms with Crippen LogP contribution in [0.15, 0.2) is 0 Å². The number of nitrogens with one attached hydrogen (secondary N) is 1. The van der Waals surface area contributed by atoms with Gasteiger partial charge in [0.2, 0.25) is 15.9 Å². The molecule has 0 atom stereocenters. The predicted molar refractivity (Wildman–Crippen MR) is 67.5 cm³/mol. The molecular formula is C10H19ClN2O3S. The van der Waals surface area contributed by atoms with E-state index in [4.69, 9.17) is 11.6 Å². The van der Waals surface area contributed by atoms with E-state index in [1.807, 2.05) is 6.92 Å². The van der Waals surface area contributed by atoms with Crippen molar-refractivity contribution in [3.63, 3.8) is 0 Å². The molecule has 0 aromatic rings. The normalized spacial score (nSPS) is 19.2. The summed E-state index contributed by atoms with van der Waals surface area (Å²) in [5.41, 5.74) is 0. The predicted octanol–water partition coefficient (Wildman–Crippen LogP) is 0.403. The first-order valence-electron chi connectivity index (χ1n) is 5.82. The summed E-state index contributed by atoms with van der Waals surface area (Å²) in [6, 6.07) is 0. The van der Waals surface area contributed by atoms with Gasteiger partial charge >= 0.3 is 0 Å². The lowest BCUT2D eigenvalue weighted by Crippen LogP contribution is -2.43. The van der Waals surface area contributed by atoms with Crippen LogP contribution in [0.3, 0.4) is 0 Å². The van der Waals surface area contributed by atoms with Gasteiger partial charge in [-0.05, 0) is 19.8 Å². The van der Waals surface area contributed by atoms with Gasteiger partial charge in [-0.25, -0.2) is 12.7 Å². The number of sulfonamides is 1. The van der Waals surface area contributed by atoms with E-state index in [1.165, 1.54) is 4.31 Å². The Labute approximate surface area is 108 Å². The highest BCUT2D eigenvalue weighted by molar-refractivity contribution is 7.89. The van der Waals surface area contributed by atoms with Crippen molar-refractivity contribution in [1.29, 1.82) is 0 Å². The average molecular weight is 283 g/mol. The molecule has 1 fully saturated rings. The molecule has 1 heterocycles. The molecule has 0 radical (unpaired) electrons. The van der Waals surface area contributed by atoms with E-state index in [2.05, 4.69) is 5.32 Å². The van der Waals surface area contributed by atoms with E-state index in [-0.39, 0.29) is 23.5 Å². The van der Waals surface area contributed by atoms with Crippen LogP contribution in [0.25, 0.3) is 0 Å². The maximum absolute atomic E-state index is 11.7. The van der Waals surface area contributed by atoms with Crippen LogP contribution in [0.1, 0.15) is 19.8 Å². The Kier molecular flexibility index (Phi) is 5.69. The van der Waals surface area contributed by atoms with Gasteiger partial charge < -0.3 is 5.32 Å². The molecule has 1 rings (SSSR count). The number of nitrogens with zero attached hydrogens (tertiary/aromatic N) is 1. The zero-order chi connectivity index (χ0) is 12.9. The van der Waals surface area contributed by atoms with Crippen molar-refractivity contribution < 1.29 is 13.2 Å². The van der Waals surface area contributed by atoms with Gasteiger partial charge in [0.1, 0.15) is 0 Å². The first kappa shape index (κ1) is 14.7. The molecular weight excluding hydrogens is 264 g/mol. The molecule has 0 saturated carbocycles. The van der Waals surface area contributed by atoms with E-state index >= 15 is 0 Å². The molecule has 0 aliphatic carbocycles. The topological polar surface area (TPSA) is 66.5 Å². The van der Waals surface area contributed by atoms with Crippen LogP contribution in [0, 0.1) is 5.92 Å². The molecule has 0 aromatic heterocycles. The largest absolute Gasteiger partial charge is 0.356 e. The van der Waals surface area contributed by atoms with Gasteiger partial charge in [0.05, 0.1) is 5.75 Å². The van der Waals surface area contributed by atoms with Crippen LogP contribution in [0.4, 0.5) is 0 Å². The Bertz CT molecular complexity index is 351. The van der Waals surface area contributed by atoms with Crippen molar-refractivity contribution in [2.45, 2.75) is 19.8 Å². The van der Waals surface area contributed by atoms with Gasteiger partial charge in [-0.15, -0.1) is 11.6 Å². The number of halogens is 1. The number of amides is 1. The van der Waals surface area contributed by atoms with Gasteiger partial charge in [0, 0.05) is 31.4 Å². The van der Waals surface area contributed by atoms with Gasteiger partial charge in [0.25, 0.3) is 0 Å². The highest BCUT2D eigenvalue weighted by Crippen LogP contribution is 2.20. The molecule has 0 spiro atoms. The third-order valence-electron chi connectivity index (χ3n) is 2.90. The van der Waals surface area contributed by atoms with Crippen molar-refractivity contribution in [3.8, 4) is 0 Å². The molecule has 1 aliphatic heterocycles. The van der Waals surface area contributed by atoms with Crippen LogP contribution in [-0.4, -0.2) is 49.9 Å². The minimum atomic E-state index is -3.23. The van der Waals surface area contributed by atoms with Gasteiger partial charge in [-0.2, -0.15) is 0 Å². The summed E-state index contributed by atoms with van der Waals surface area (Å²) in [4.78, 5) is 11.6. The Morgan fingerprint density at radius 2 is 2.00 bits per heavy atom. The molecule has 1 amide bonds. The average Bonchev–Trinajstić information content (AvgIpc) is 2.29. The zero-order valence-corrected chi connectivity index (χ0v) is 11.6. The third kappa shape index (κ3) is 4.12. The summed E-state index contributed by atoms with van der Waals surface area (Å²) in [6.07, 6.45) is 1.18. The van der Waals surface area contributed by atoms with Crippen molar-refractivity contribution >= 4 is 27.5 Å². The maximum atomic E-state index is 11.7. The van der Waals surface area contributed by atoms with E-state index in [0.29, 0.717) is 32.5 Å². The molecule has 0 unspecified atom stereocenters. The van der Waals surface area contributed by atoms with Crippen molar-refractivity contribution in [1.82, 2.24) is 9.62 Å². The van der Waals surface area contributed by atoms with Gasteiger partial charge in [-0.1, -0.05) is 0 Å². The Morgan fingerprint density at radius 3 is 2.47 bits per heavy atom. The summed E-state index contributed by atoms with van der Waals surface area (Å²) in [5.74, 6) is 0.0539. The fourth-order valence-electron chi connectivity index (χ4n) is 1.94. The van der Waals surface area contributed by atoms with Crippen LogP contribution in [0.2, 0.25) is 0 Å². The summed E-state index contributed by atoms with van der Waals surface area (Å²) in [6.45, 7) is 3.32. The second-order valence-electron chi connectivity index (χ2n) is 4.07. The summed E-state index contributed by atoms with van der Waals surface area (Å²) in [7, 11) is -3.23. The summed E-state index contributed by atoms with van der Waals surface area (Å²) < 4.78 is 24.9. The fourth-order valence-corrected chi connectivity index (χ4v) is 3.75. The van der Waals surface area contributed by atoms with Gasteiger partial charge in [0.15, 0.2) is 0 Å². The number of hydrogen-bond acceptors (Lipinski definition) is 3. The summed E-state index contributed by atoms with van der Waals surface area (Å²) in [5, 5.41) is 2.77. The van der Waals surface area contributed by atoms with Crippen molar-refractivity contribution in [3.05, 3.63) is 0 Å². The summed E-state index contributed by atoms with van der Waals surface area (Å²) >= 11 is 5.46. The van der Waals surface area contributed by atoms with E-state index < -0.39 is 10.0 Å². The minimum absolute atomic E-state index is 0.0274. The molecule has 1 saturated heterocycles. The molecule has 0 bridgehead atoms. The number of alkyl halides is 1. The molecule has 7 heteroatoms. The number of carbonyl (C=O) groups is 1. The third-order valence-corrected chi connectivity index (χ3v) is 5.19. The molecule has 1 aliphatic rings. The lowest BCUT2D eigenvalue weighted by molar-refractivity contribution is -0.125. The first-order chi connectivity index (χ1) is 8.01. The van der Waals surface area contributed by atoms with Crippen LogP contribution >= 0.6 is 11.6 Å². The highest BCUT2D eigenvalue weighted by atomic mass is 35.5. The molecule has 100 valence electrons. The SMILES string of the molecule is CCNC(=O)C1CCN(S(=O)(=O)CCCl)CC1. The van der Waals surface area contributed by atoms with E-state index in [1.54, 1.807) is 0 Å². The zero-order valence-electron chi connectivity index (χ0n) is 9.99. The number of piperidine rings is 1. The lowest BCUT2D eigenvalue weighted by Gasteiger charge is -2.30. The number of hydrogen-bond donors (Lipinski definition) is 1. The second kappa shape index (κ2) is 6.56. The standard InChI is InChI=1S/C10H19ClN2O3S/c1-2-12-10(14)9-3-6-13(7-4-9)17(15,16)8-5-11/h9H,2-8H2,1H3,(H,12,14). The molecule has 5 nitrogen and oxygen atoms in total. The lowest BCUT2D eigenvalue weighted by atomic mass is 9.97. The highest BCUT2D eigenvalue weighted by Gasteiger charge is 2.30. The molecule has 17 heavy (non-hydrogen) atoms. The van der Waals surface area contributed by atoms with Crippen molar-refractivity contribution in [2.24, 2.45) is 5.92 Å². The van der Waals surface area contributed by atoms with Crippen LogP contribution in [0.5, 0.6) is 0 Å². The Balaban J connectivity index is 2.48. The fraction of sp³-hybridized carbons (Fsp3) is 0.900. The van der Waals surface area contributed by atoms with E-state index in [0.717, 1.165) is 0 Å². The smallest absolute Gasteiger partial charge is 0.223 e. The molecule has 0 aromatic carbocycles. The van der Waals surface area contributed by atoms with Crippen molar-refractivity contribution in [2.75, 3.05) is 31.3 Å². The first-order valence-corrected chi connectivity index (χ1v) is 7.97. The Morgan fingerprint density at radius 1 is 1.41 bits per heavy atom. The van der Waals surface area contributed by atoms with Crippen LogP contribution in [-0.2, 0) is 14.8 Å². The number of carbonyl (C=O) groups excluding carboxylic acids is 1. The Hall–Kier alpha value is -0.330.